The van der Waals surface area contributed by atoms with E-state index < -0.39 is 16.8 Å². The first-order valence-corrected chi connectivity index (χ1v) is 7.47. The summed E-state index contributed by atoms with van der Waals surface area (Å²) in [6.45, 7) is 0. The zero-order valence-corrected chi connectivity index (χ0v) is 12.3. The summed E-state index contributed by atoms with van der Waals surface area (Å²) in [6, 6.07) is 10.1. The molecule has 0 bridgehead atoms. The van der Waals surface area contributed by atoms with Crippen LogP contribution in [0.4, 0.5) is 0 Å². The van der Waals surface area contributed by atoms with Crippen molar-refractivity contribution in [3.8, 4) is 0 Å². The molecule has 0 spiro atoms. The lowest BCUT2D eigenvalue weighted by Crippen LogP contribution is -2.04. The van der Waals surface area contributed by atoms with E-state index in [9.17, 15) is 9.00 Å². The van der Waals surface area contributed by atoms with Crippen molar-refractivity contribution in [2.45, 2.75) is 10.6 Å². The maximum Gasteiger partial charge on any atom is 0.339 e. The van der Waals surface area contributed by atoms with E-state index >= 15 is 0 Å². The van der Waals surface area contributed by atoms with Crippen LogP contribution in [0, 0.1) is 0 Å². The van der Waals surface area contributed by atoms with Gasteiger partial charge in [0.05, 0.1) is 34.9 Å². The van der Waals surface area contributed by atoms with Gasteiger partial charge in [-0.3, -0.25) is 9.19 Å². The molecule has 4 nitrogen and oxygen atoms in total. The van der Waals surface area contributed by atoms with Crippen molar-refractivity contribution >= 4 is 28.4 Å². The van der Waals surface area contributed by atoms with Gasteiger partial charge in [-0.1, -0.05) is 11.6 Å². The number of aromatic nitrogens is 1. The van der Waals surface area contributed by atoms with Gasteiger partial charge in [-0.25, -0.2) is 4.79 Å². The fourth-order valence-electron chi connectivity index (χ4n) is 1.55. The number of hydrogen-bond donors (Lipinski definition) is 0. The molecule has 6 heteroatoms. The molecular formula is C14H12ClNO3S. The first-order valence-electron chi connectivity index (χ1n) is 5.77. The van der Waals surface area contributed by atoms with Crippen LogP contribution in [-0.2, 0) is 21.3 Å². The second kappa shape index (κ2) is 6.63. The van der Waals surface area contributed by atoms with Crippen molar-refractivity contribution in [3.05, 3.63) is 58.9 Å². The Morgan fingerprint density at radius 1 is 1.25 bits per heavy atom. The number of carbonyl (C=O) groups excluding carboxylic acids is 1. The monoisotopic (exact) mass is 309 g/mol. The second-order valence-corrected chi connectivity index (χ2v) is 5.86. The first kappa shape index (κ1) is 14.7. The number of rotatable bonds is 4. The highest BCUT2D eigenvalue weighted by Gasteiger charge is 2.09. The Morgan fingerprint density at radius 2 is 1.95 bits per heavy atom. The molecule has 0 aliphatic carbocycles. The first-order chi connectivity index (χ1) is 9.60. The molecule has 0 amide bonds. The van der Waals surface area contributed by atoms with Crippen LogP contribution in [0.2, 0.25) is 5.02 Å². The number of methoxy groups -OCH3 is 1. The Morgan fingerprint density at radius 3 is 2.50 bits per heavy atom. The van der Waals surface area contributed by atoms with Crippen LogP contribution in [0.5, 0.6) is 0 Å². The smallest absolute Gasteiger partial charge is 0.339 e. The van der Waals surface area contributed by atoms with E-state index in [0.717, 1.165) is 0 Å². The maximum absolute atomic E-state index is 12.1. The number of pyridine rings is 1. The van der Waals surface area contributed by atoms with Gasteiger partial charge < -0.3 is 4.74 Å². The van der Waals surface area contributed by atoms with Gasteiger partial charge in [0.15, 0.2) is 0 Å². The van der Waals surface area contributed by atoms with Gasteiger partial charge in [-0.15, -0.1) is 0 Å². The molecule has 104 valence electrons. The Labute approximate surface area is 124 Å². The zero-order valence-electron chi connectivity index (χ0n) is 10.7. The molecule has 20 heavy (non-hydrogen) atoms. The van der Waals surface area contributed by atoms with E-state index in [1.165, 1.54) is 13.3 Å². The average Bonchev–Trinajstić information content (AvgIpc) is 2.48. The molecule has 1 aromatic carbocycles. The van der Waals surface area contributed by atoms with Crippen molar-refractivity contribution in [2.24, 2.45) is 0 Å². The molecule has 2 rings (SSSR count). The third kappa shape index (κ3) is 3.65. The van der Waals surface area contributed by atoms with Gasteiger partial charge in [0.1, 0.15) is 0 Å². The molecule has 0 radical (unpaired) electrons. The molecule has 1 atom stereocenters. The van der Waals surface area contributed by atoms with E-state index in [0.29, 0.717) is 21.2 Å². The van der Waals surface area contributed by atoms with Crippen molar-refractivity contribution in [2.75, 3.05) is 7.11 Å². The van der Waals surface area contributed by atoms with Crippen LogP contribution in [0.15, 0.2) is 47.5 Å². The van der Waals surface area contributed by atoms with Crippen LogP contribution in [0.1, 0.15) is 16.1 Å². The average molecular weight is 310 g/mol. The third-order valence-corrected chi connectivity index (χ3v) is 4.21. The highest BCUT2D eigenvalue weighted by Crippen LogP contribution is 2.15. The van der Waals surface area contributed by atoms with Crippen molar-refractivity contribution in [3.63, 3.8) is 0 Å². The van der Waals surface area contributed by atoms with Gasteiger partial charge >= 0.3 is 5.97 Å². The molecule has 0 fully saturated rings. The summed E-state index contributed by atoms with van der Waals surface area (Å²) in [5.74, 6) is -0.161. The SMILES string of the molecule is COC(=O)c1ccc(CS(=O)c2ccc(Cl)cc2)nc1. The van der Waals surface area contributed by atoms with Gasteiger partial charge in [-0.05, 0) is 36.4 Å². The Bertz CT molecular complexity index is 626. The lowest BCUT2D eigenvalue weighted by molar-refractivity contribution is 0.0600. The summed E-state index contributed by atoms with van der Waals surface area (Å²) in [5.41, 5.74) is 1.01. The predicted octanol–water partition coefficient (Wildman–Crippen LogP) is 2.83. The molecular weight excluding hydrogens is 298 g/mol. The molecule has 0 aliphatic rings. The number of benzene rings is 1. The summed E-state index contributed by atoms with van der Waals surface area (Å²) in [6.07, 6.45) is 1.42. The number of nitrogens with zero attached hydrogens (tertiary/aromatic N) is 1. The quantitative estimate of drug-likeness (QED) is 0.815. The van der Waals surface area contributed by atoms with E-state index in [1.54, 1.807) is 36.4 Å². The summed E-state index contributed by atoms with van der Waals surface area (Å²) in [7, 11) is 0.112. The Hall–Kier alpha value is -1.72. The zero-order chi connectivity index (χ0) is 14.5. The van der Waals surface area contributed by atoms with E-state index in [4.69, 9.17) is 11.6 Å². The molecule has 0 aliphatic heterocycles. The van der Waals surface area contributed by atoms with E-state index in [1.807, 2.05) is 0 Å². The van der Waals surface area contributed by atoms with Crippen LogP contribution >= 0.6 is 11.6 Å². The third-order valence-electron chi connectivity index (χ3n) is 2.60. The number of hydrogen-bond acceptors (Lipinski definition) is 4. The lowest BCUT2D eigenvalue weighted by atomic mass is 10.2. The normalized spacial score (nSPS) is 11.9. The number of ether oxygens (including phenoxy) is 1. The van der Waals surface area contributed by atoms with Gasteiger partial charge in [-0.2, -0.15) is 0 Å². The Balaban J connectivity index is 2.08. The van der Waals surface area contributed by atoms with Crippen molar-refractivity contribution in [1.29, 1.82) is 0 Å². The minimum absolute atomic E-state index is 0.281. The molecule has 0 saturated heterocycles. The minimum Gasteiger partial charge on any atom is -0.465 e. The lowest BCUT2D eigenvalue weighted by Gasteiger charge is -2.03. The summed E-state index contributed by atoms with van der Waals surface area (Å²) < 4.78 is 16.7. The second-order valence-electron chi connectivity index (χ2n) is 3.97. The van der Waals surface area contributed by atoms with Crippen LogP contribution in [-0.4, -0.2) is 22.3 Å². The molecule has 1 aromatic heterocycles. The predicted molar refractivity (Wildman–Crippen MR) is 77.1 cm³/mol. The van der Waals surface area contributed by atoms with Crippen molar-refractivity contribution < 1.29 is 13.7 Å². The molecule has 2 aromatic rings. The van der Waals surface area contributed by atoms with Gasteiger partial charge in [0.25, 0.3) is 0 Å². The van der Waals surface area contributed by atoms with Crippen LogP contribution < -0.4 is 0 Å². The Kier molecular flexibility index (Phi) is 4.87. The number of esters is 1. The summed E-state index contributed by atoms with van der Waals surface area (Å²) in [4.78, 5) is 16.1. The van der Waals surface area contributed by atoms with Crippen LogP contribution in [0.25, 0.3) is 0 Å². The van der Waals surface area contributed by atoms with E-state index in [2.05, 4.69) is 9.72 Å². The van der Waals surface area contributed by atoms with Gasteiger partial charge in [0.2, 0.25) is 0 Å². The fourth-order valence-corrected chi connectivity index (χ4v) is 2.72. The largest absolute Gasteiger partial charge is 0.465 e. The number of halogens is 1. The summed E-state index contributed by atoms with van der Waals surface area (Å²) >= 11 is 5.78. The topological polar surface area (TPSA) is 56.3 Å². The molecule has 0 saturated carbocycles. The standard InChI is InChI=1S/C14H12ClNO3S/c1-19-14(17)10-2-5-12(16-8-10)9-20(18)13-6-3-11(15)4-7-13/h2-8H,9H2,1H3. The molecule has 1 unspecified atom stereocenters. The molecule has 0 N–H and O–H groups in total. The van der Waals surface area contributed by atoms with Crippen molar-refractivity contribution in [1.82, 2.24) is 4.98 Å². The van der Waals surface area contributed by atoms with E-state index in [-0.39, 0.29) is 5.75 Å². The molecule has 1 heterocycles. The highest BCUT2D eigenvalue weighted by molar-refractivity contribution is 7.84. The fraction of sp³-hybridized carbons (Fsp3) is 0.143. The highest BCUT2D eigenvalue weighted by atomic mass is 35.5. The summed E-state index contributed by atoms with van der Waals surface area (Å²) in [5, 5.41) is 0.603. The van der Waals surface area contributed by atoms with Gasteiger partial charge in [0, 0.05) is 16.1 Å². The van der Waals surface area contributed by atoms with Crippen LogP contribution in [0.3, 0.4) is 0 Å². The minimum atomic E-state index is -1.20. The number of carbonyl (C=O) groups is 1. The maximum atomic E-state index is 12.1.